The molecule has 0 saturated heterocycles. The van der Waals surface area contributed by atoms with Crippen LogP contribution < -0.4 is 5.32 Å². The first-order valence-electron chi connectivity index (χ1n) is 6.41. The Morgan fingerprint density at radius 3 is 2.21 bits per heavy atom. The number of rotatable bonds is 4. The Hall–Kier alpha value is -3.47. The van der Waals surface area contributed by atoms with Gasteiger partial charge in [0.15, 0.2) is 0 Å². The molecule has 2 aromatic carbocycles. The van der Waals surface area contributed by atoms with Gasteiger partial charge in [-0.05, 0) is 18.2 Å². The molecule has 0 saturated carbocycles. The number of nitrogens with one attached hydrogen (secondary N) is 1. The Kier molecular flexibility index (Phi) is 3.83. The highest BCUT2D eigenvalue weighted by Crippen LogP contribution is 2.24. The monoisotopic (exact) mass is 345 g/mol. The van der Waals surface area contributed by atoms with Crippen molar-refractivity contribution in [2.24, 2.45) is 0 Å². The molecule has 10 nitrogen and oxygen atoms in total. The van der Waals surface area contributed by atoms with E-state index in [1.165, 1.54) is 0 Å². The fourth-order valence-electron chi connectivity index (χ4n) is 2.00. The van der Waals surface area contributed by atoms with Gasteiger partial charge < -0.3 is 5.32 Å². The van der Waals surface area contributed by atoms with Crippen LogP contribution in [0.25, 0.3) is 11.0 Å². The van der Waals surface area contributed by atoms with Crippen LogP contribution in [0.15, 0.2) is 36.4 Å². The minimum absolute atomic E-state index is 0.188. The van der Waals surface area contributed by atoms with Crippen LogP contribution in [0, 0.1) is 20.2 Å². The topological polar surface area (TPSA) is 141 Å². The van der Waals surface area contributed by atoms with E-state index in [1.807, 2.05) is 0 Å². The number of fused-ring (bicyclic) bond motifs is 1. The molecule has 1 amide bonds. The number of carbonyl (C=O) groups excluding carboxylic acids is 1. The smallest absolute Gasteiger partial charge is 0.277 e. The van der Waals surface area contributed by atoms with Gasteiger partial charge in [-0.2, -0.15) is 8.75 Å². The van der Waals surface area contributed by atoms with Crippen molar-refractivity contribution in [3.63, 3.8) is 0 Å². The quantitative estimate of drug-likeness (QED) is 0.566. The molecule has 0 unspecified atom stereocenters. The summed E-state index contributed by atoms with van der Waals surface area (Å²) in [4.78, 5) is 32.4. The van der Waals surface area contributed by atoms with Crippen LogP contribution in [-0.4, -0.2) is 24.5 Å². The maximum absolute atomic E-state index is 12.2. The van der Waals surface area contributed by atoms with Gasteiger partial charge in [-0.1, -0.05) is 0 Å². The molecule has 1 N–H and O–H groups in total. The van der Waals surface area contributed by atoms with Crippen molar-refractivity contribution in [1.29, 1.82) is 0 Å². The van der Waals surface area contributed by atoms with E-state index in [1.54, 1.807) is 18.2 Å². The van der Waals surface area contributed by atoms with E-state index >= 15 is 0 Å². The van der Waals surface area contributed by atoms with Gasteiger partial charge in [0.25, 0.3) is 17.3 Å². The maximum atomic E-state index is 12.2. The number of aromatic nitrogens is 2. The highest BCUT2D eigenvalue weighted by atomic mass is 32.1. The second-order valence-corrected chi connectivity index (χ2v) is 5.20. The molecule has 24 heavy (non-hydrogen) atoms. The lowest BCUT2D eigenvalue weighted by atomic mass is 10.1. The molecular formula is C13H7N5O5S. The van der Waals surface area contributed by atoms with Crippen molar-refractivity contribution < 1.29 is 14.6 Å². The predicted octanol–water partition coefficient (Wildman–Crippen LogP) is 2.76. The summed E-state index contributed by atoms with van der Waals surface area (Å²) >= 11 is 1.02. The summed E-state index contributed by atoms with van der Waals surface area (Å²) in [7, 11) is 0. The second-order valence-electron chi connectivity index (χ2n) is 4.67. The zero-order valence-corrected chi connectivity index (χ0v) is 12.5. The van der Waals surface area contributed by atoms with E-state index in [9.17, 15) is 25.0 Å². The summed E-state index contributed by atoms with van der Waals surface area (Å²) in [5, 5.41) is 24.3. The molecular weight excluding hydrogens is 338 g/mol. The first-order chi connectivity index (χ1) is 11.4. The summed E-state index contributed by atoms with van der Waals surface area (Å²) in [5.41, 5.74) is 0.399. The van der Waals surface area contributed by atoms with Crippen LogP contribution in [0.4, 0.5) is 17.1 Å². The van der Waals surface area contributed by atoms with Crippen molar-refractivity contribution in [3.8, 4) is 0 Å². The van der Waals surface area contributed by atoms with Crippen LogP contribution in [0.2, 0.25) is 0 Å². The Balaban J connectivity index is 1.93. The van der Waals surface area contributed by atoms with Gasteiger partial charge in [0.2, 0.25) is 0 Å². The molecule has 120 valence electrons. The molecule has 3 aromatic rings. The third kappa shape index (κ3) is 3.01. The maximum Gasteiger partial charge on any atom is 0.277 e. The van der Waals surface area contributed by atoms with E-state index in [-0.39, 0.29) is 5.56 Å². The van der Waals surface area contributed by atoms with Crippen LogP contribution >= 0.6 is 11.7 Å². The molecule has 0 aliphatic rings. The van der Waals surface area contributed by atoms with Crippen molar-refractivity contribution >= 4 is 45.7 Å². The first kappa shape index (κ1) is 15.4. The van der Waals surface area contributed by atoms with Gasteiger partial charge in [0, 0.05) is 17.8 Å². The Labute approximate surface area is 137 Å². The highest BCUT2D eigenvalue weighted by molar-refractivity contribution is 7.00. The van der Waals surface area contributed by atoms with Gasteiger partial charge in [-0.25, -0.2) is 0 Å². The summed E-state index contributed by atoms with van der Waals surface area (Å²) in [5.74, 6) is -0.704. The van der Waals surface area contributed by atoms with E-state index in [4.69, 9.17) is 0 Å². The number of carbonyl (C=O) groups is 1. The van der Waals surface area contributed by atoms with Gasteiger partial charge >= 0.3 is 0 Å². The number of benzene rings is 2. The molecule has 1 heterocycles. The minimum atomic E-state index is -0.795. The molecule has 0 aliphatic carbocycles. The zero-order chi connectivity index (χ0) is 17.3. The predicted molar refractivity (Wildman–Crippen MR) is 85.1 cm³/mol. The van der Waals surface area contributed by atoms with E-state index in [0.717, 1.165) is 29.9 Å². The SMILES string of the molecule is O=C(Nc1ccc2nsnc2c1)c1cc([N+](=O)[O-])cc([N+](=O)[O-])c1. The van der Waals surface area contributed by atoms with Crippen LogP contribution in [-0.2, 0) is 0 Å². The lowest BCUT2D eigenvalue weighted by Gasteiger charge is -2.05. The average Bonchev–Trinajstić information content (AvgIpc) is 3.01. The number of non-ortho nitro benzene ring substituents is 2. The van der Waals surface area contributed by atoms with Crippen molar-refractivity contribution in [2.45, 2.75) is 0 Å². The van der Waals surface area contributed by atoms with Gasteiger partial charge in [0.05, 0.1) is 33.2 Å². The lowest BCUT2D eigenvalue weighted by Crippen LogP contribution is -2.12. The molecule has 0 aliphatic heterocycles. The van der Waals surface area contributed by atoms with Gasteiger partial charge in [-0.3, -0.25) is 25.0 Å². The highest BCUT2D eigenvalue weighted by Gasteiger charge is 2.20. The fourth-order valence-corrected chi connectivity index (χ4v) is 2.52. The standard InChI is InChI=1S/C13H7N5O5S/c19-13(14-8-1-2-11-12(5-8)16-24-15-11)7-3-9(17(20)21)6-10(4-7)18(22)23/h1-6H,(H,14,19). The number of anilines is 1. The molecule has 0 atom stereocenters. The molecule has 0 radical (unpaired) electrons. The molecule has 11 heteroatoms. The Morgan fingerprint density at radius 2 is 1.58 bits per heavy atom. The number of nitrogens with zero attached hydrogens (tertiary/aromatic N) is 4. The molecule has 0 fully saturated rings. The summed E-state index contributed by atoms with van der Waals surface area (Å²) in [6.45, 7) is 0. The third-order valence-corrected chi connectivity index (χ3v) is 3.65. The molecule has 0 spiro atoms. The Morgan fingerprint density at radius 1 is 0.958 bits per heavy atom. The Bertz CT molecular complexity index is 954. The molecule has 1 aromatic heterocycles. The van der Waals surface area contributed by atoms with Crippen molar-refractivity contribution in [3.05, 3.63) is 62.2 Å². The van der Waals surface area contributed by atoms with Crippen molar-refractivity contribution in [1.82, 2.24) is 8.75 Å². The van der Waals surface area contributed by atoms with Crippen LogP contribution in [0.1, 0.15) is 10.4 Å². The molecule has 3 rings (SSSR count). The minimum Gasteiger partial charge on any atom is -0.322 e. The van der Waals surface area contributed by atoms with Crippen LogP contribution in [0.5, 0.6) is 0 Å². The third-order valence-electron chi connectivity index (χ3n) is 3.10. The summed E-state index contributed by atoms with van der Waals surface area (Å²) in [6, 6.07) is 7.58. The number of hydrogen-bond donors (Lipinski definition) is 1. The second kappa shape index (κ2) is 5.96. The normalized spacial score (nSPS) is 10.5. The summed E-state index contributed by atoms with van der Waals surface area (Å²) < 4.78 is 8.06. The lowest BCUT2D eigenvalue weighted by molar-refractivity contribution is -0.394. The van der Waals surface area contributed by atoms with E-state index in [2.05, 4.69) is 14.1 Å². The molecule has 0 bridgehead atoms. The van der Waals surface area contributed by atoms with E-state index < -0.39 is 27.1 Å². The van der Waals surface area contributed by atoms with Crippen LogP contribution in [0.3, 0.4) is 0 Å². The van der Waals surface area contributed by atoms with Crippen molar-refractivity contribution in [2.75, 3.05) is 5.32 Å². The van der Waals surface area contributed by atoms with E-state index in [0.29, 0.717) is 16.7 Å². The number of hydrogen-bond acceptors (Lipinski definition) is 8. The van der Waals surface area contributed by atoms with Gasteiger partial charge in [-0.15, -0.1) is 0 Å². The largest absolute Gasteiger partial charge is 0.322 e. The number of nitro groups is 2. The van der Waals surface area contributed by atoms with Gasteiger partial charge in [0.1, 0.15) is 11.0 Å². The summed E-state index contributed by atoms with van der Waals surface area (Å²) in [6.07, 6.45) is 0. The fraction of sp³-hybridized carbons (Fsp3) is 0. The average molecular weight is 345 g/mol. The number of amides is 1. The first-order valence-corrected chi connectivity index (χ1v) is 7.14. The number of nitro benzene ring substituents is 2. The zero-order valence-electron chi connectivity index (χ0n) is 11.7.